The molecule has 2 atom stereocenters. The van der Waals surface area contributed by atoms with Gasteiger partial charge in [-0.25, -0.2) is 4.79 Å². The maximum Gasteiger partial charge on any atom is 0.338 e. The lowest BCUT2D eigenvalue weighted by Gasteiger charge is -2.45. The summed E-state index contributed by atoms with van der Waals surface area (Å²) in [5, 5.41) is 39.5. The van der Waals surface area contributed by atoms with E-state index in [4.69, 9.17) is 4.74 Å². The number of hydrogen-bond acceptors (Lipinski definition) is 11. The maximum atomic E-state index is 13.3. The second kappa shape index (κ2) is 11.9. The number of nitro groups is 2. The molecule has 1 heterocycles. The molecule has 1 aliphatic heterocycles. The van der Waals surface area contributed by atoms with E-state index in [-0.39, 0.29) is 34.3 Å². The summed E-state index contributed by atoms with van der Waals surface area (Å²) in [6.07, 6.45) is 0. The minimum absolute atomic E-state index is 0.0307. The van der Waals surface area contributed by atoms with Crippen LogP contribution >= 0.6 is 0 Å². The van der Waals surface area contributed by atoms with Gasteiger partial charge in [0.1, 0.15) is 5.75 Å². The van der Waals surface area contributed by atoms with Crippen molar-refractivity contribution in [2.45, 2.75) is 25.4 Å². The smallest absolute Gasteiger partial charge is 0.338 e. The van der Waals surface area contributed by atoms with Gasteiger partial charge in [-0.3, -0.25) is 25.0 Å². The molecule has 1 aliphatic rings. The predicted octanol–water partition coefficient (Wildman–Crippen LogP) is 4.43. The van der Waals surface area contributed by atoms with Crippen LogP contribution in [-0.2, 0) is 24.6 Å². The van der Waals surface area contributed by atoms with E-state index in [2.05, 4.69) is 15.4 Å². The third-order valence-electron chi connectivity index (χ3n) is 5.90. The molecule has 39 heavy (non-hydrogen) atoms. The van der Waals surface area contributed by atoms with Gasteiger partial charge in [-0.05, 0) is 24.6 Å². The highest BCUT2D eigenvalue weighted by Crippen LogP contribution is 2.50. The van der Waals surface area contributed by atoms with E-state index < -0.39 is 27.4 Å². The summed E-state index contributed by atoms with van der Waals surface area (Å²) in [5.41, 5.74) is -1.05. The average molecular weight is 539 g/mol. The number of aromatic hydroxyl groups is 1. The molecule has 204 valence electrons. The van der Waals surface area contributed by atoms with Crippen LogP contribution in [0.4, 0.5) is 22.7 Å². The standard InChI is InChI=1S/C22H18N4O7.C4H8O2/c1-33-21(28)22(13-5-3-2-4-6-13)20(16-11-14(25(29)30)8-10-19(16)27)23-18-12-15(26(31)32)7-9-17(18)24-22;1-3-6-4(2)5/h2-12,20,23-24,27H,1H3;3H2,1-2H3/t20-,22-;/m1./s1. The second-order valence-electron chi connectivity index (χ2n) is 8.28. The topological polar surface area (TPSA) is 183 Å². The number of phenolic OH excluding ortho intramolecular Hbond substituents is 1. The van der Waals surface area contributed by atoms with Gasteiger partial charge in [0, 0.05) is 36.8 Å². The highest BCUT2D eigenvalue weighted by atomic mass is 16.6. The molecule has 0 saturated carbocycles. The molecule has 3 aromatic carbocycles. The number of methoxy groups -OCH3 is 1. The summed E-state index contributed by atoms with van der Waals surface area (Å²) in [7, 11) is 1.20. The first kappa shape index (κ1) is 28.4. The van der Waals surface area contributed by atoms with Gasteiger partial charge in [-0.15, -0.1) is 0 Å². The lowest BCUT2D eigenvalue weighted by Crippen LogP contribution is -2.54. The molecule has 3 N–H and O–H groups in total. The van der Waals surface area contributed by atoms with E-state index in [9.17, 15) is 34.9 Å². The SMILES string of the molecule is CCOC(C)=O.COC(=O)[C@]1(c2ccccc2)Nc2ccc([N+](=O)[O-])cc2N[C@@H]1c1cc([N+](=O)[O-])ccc1O. The van der Waals surface area contributed by atoms with Gasteiger partial charge in [-0.2, -0.15) is 0 Å². The summed E-state index contributed by atoms with van der Waals surface area (Å²) in [4.78, 5) is 44.7. The number of hydrogen-bond donors (Lipinski definition) is 3. The number of carbonyl (C=O) groups is 2. The van der Waals surface area contributed by atoms with Crippen molar-refractivity contribution in [3.63, 3.8) is 0 Å². The highest BCUT2D eigenvalue weighted by Gasteiger charge is 2.53. The molecule has 0 saturated heterocycles. The Balaban J connectivity index is 0.000000631. The first-order chi connectivity index (χ1) is 18.5. The van der Waals surface area contributed by atoms with Crippen LogP contribution in [0.3, 0.4) is 0 Å². The van der Waals surface area contributed by atoms with Crippen molar-refractivity contribution in [1.82, 2.24) is 0 Å². The van der Waals surface area contributed by atoms with E-state index in [1.807, 2.05) is 0 Å². The Hall–Kier alpha value is -5.20. The monoisotopic (exact) mass is 538 g/mol. The Labute approximate surface area is 222 Å². The normalized spacial score (nSPS) is 17.2. The van der Waals surface area contributed by atoms with E-state index >= 15 is 0 Å². The lowest BCUT2D eigenvalue weighted by molar-refractivity contribution is -0.385. The van der Waals surface area contributed by atoms with E-state index in [1.54, 1.807) is 37.3 Å². The van der Waals surface area contributed by atoms with Gasteiger partial charge in [0.15, 0.2) is 5.54 Å². The number of nitro benzene ring substituents is 2. The van der Waals surface area contributed by atoms with Crippen LogP contribution in [0.5, 0.6) is 5.75 Å². The van der Waals surface area contributed by atoms with Crippen molar-refractivity contribution in [3.05, 3.63) is 98.1 Å². The van der Waals surface area contributed by atoms with Crippen LogP contribution < -0.4 is 10.6 Å². The van der Waals surface area contributed by atoms with Gasteiger partial charge in [0.25, 0.3) is 11.4 Å². The number of nitrogens with one attached hydrogen (secondary N) is 2. The number of ether oxygens (including phenoxy) is 2. The quantitative estimate of drug-likeness (QED) is 0.229. The molecule has 3 aromatic rings. The summed E-state index contributed by atoms with van der Waals surface area (Å²) >= 11 is 0. The number of phenols is 1. The Morgan fingerprint density at radius 3 is 2.13 bits per heavy atom. The van der Waals surface area contributed by atoms with Crippen molar-refractivity contribution in [1.29, 1.82) is 0 Å². The highest BCUT2D eigenvalue weighted by molar-refractivity contribution is 5.93. The number of non-ortho nitro benzene ring substituents is 2. The zero-order chi connectivity index (χ0) is 28.7. The molecule has 13 nitrogen and oxygen atoms in total. The Morgan fingerprint density at radius 2 is 1.59 bits per heavy atom. The van der Waals surface area contributed by atoms with E-state index in [0.717, 1.165) is 18.2 Å². The van der Waals surface area contributed by atoms with E-state index in [0.29, 0.717) is 17.9 Å². The maximum absolute atomic E-state index is 13.3. The Bertz CT molecular complexity index is 1400. The third kappa shape index (κ3) is 5.87. The van der Waals surface area contributed by atoms with Crippen LogP contribution in [-0.4, -0.2) is 40.6 Å². The molecular weight excluding hydrogens is 512 g/mol. The summed E-state index contributed by atoms with van der Waals surface area (Å²) < 4.78 is 9.53. The minimum atomic E-state index is -1.67. The minimum Gasteiger partial charge on any atom is -0.508 e. The molecule has 0 bridgehead atoms. The zero-order valence-electron chi connectivity index (χ0n) is 21.2. The molecule has 0 amide bonds. The number of esters is 2. The van der Waals surface area contributed by atoms with Crippen LogP contribution in [0.25, 0.3) is 0 Å². The van der Waals surface area contributed by atoms with E-state index in [1.165, 1.54) is 32.2 Å². The third-order valence-corrected chi connectivity index (χ3v) is 5.90. The number of carbonyl (C=O) groups excluding carboxylic acids is 2. The van der Waals surface area contributed by atoms with Gasteiger partial charge in [-0.1, -0.05) is 30.3 Å². The van der Waals surface area contributed by atoms with Crippen LogP contribution in [0, 0.1) is 20.2 Å². The first-order valence-corrected chi connectivity index (χ1v) is 11.6. The van der Waals surface area contributed by atoms with Crippen LogP contribution in [0.2, 0.25) is 0 Å². The molecule has 0 radical (unpaired) electrons. The Morgan fingerprint density at radius 1 is 0.974 bits per heavy atom. The molecule has 0 aliphatic carbocycles. The summed E-state index contributed by atoms with van der Waals surface area (Å²) in [6, 6.07) is 14.8. The van der Waals surface area contributed by atoms with Crippen molar-refractivity contribution >= 4 is 34.7 Å². The fourth-order valence-corrected chi connectivity index (χ4v) is 4.21. The van der Waals surface area contributed by atoms with Gasteiger partial charge in [0.05, 0.1) is 41.0 Å². The molecular formula is C26H26N4O9. The molecule has 0 unspecified atom stereocenters. The molecule has 0 fully saturated rings. The van der Waals surface area contributed by atoms with Gasteiger partial charge >= 0.3 is 11.9 Å². The van der Waals surface area contributed by atoms with Crippen LogP contribution in [0.15, 0.2) is 66.7 Å². The number of nitrogens with zero attached hydrogens (tertiary/aromatic N) is 2. The summed E-state index contributed by atoms with van der Waals surface area (Å²) in [6.45, 7) is 3.65. The molecule has 0 spiro atoms. The number of benzene rings is 3. The second-order valence-corrected chi connectivity index (χ2v) is 8.28. The fraction of sp³-hybridized carbons (Fsp3) is 0.231. The molecule has 0 aromatic heterocycles. The average Bonchev–Trinajstić information content (AvgIpc) is 2.92. The number of anilines is 2. The van der Waals surface area contributed by atoms with Crippen molar-refractivity contribution in [3.8, 4) is 5.75 Å². The van der Waals surface area contributed by atoms with Gasteiger partial charge < -0.3 is 25.2 Å². The predicted molar refractivity (Wildman–Crippen MR) is 140 cm³/mol. The van der Waals surface area contributed by atoms with Crippen molar-refractivity contribution in [2.24, 2.45) is 0 Å². The van der Waals surface area contributed by atoms with Crippen molar-refractivity contribution < 1.29 is 34.0 Å². The van der Waals surface area contributed by atoms with Gasteiger partial charge in [0.2, 0.25) is 0 Å². The Kier molecular flexibility index (Phi) is 8.66. The largest absolute Gasteiger partial charge is 0.508 e. The first-order valence-electron chi connectivity index (χ1n) is 11.6. The number of rotatable bonds is 6. The molecule has 13 heteroatoms. The zero-order valence-corrected chi connectivity index (χ0v) is 21.2. The van der Waals surface area contributed by atoms with Crippen LogP contribution in [0.1, 0.15) is 31.0 Å². The molecule has 4 rings (SSSR count). The fourth-order valence-electron chi connectivity index (χ4n) is 4.21. The van der Waals surface area contributed by atoms with Crippen molar-refractivity contribution in [2.75, 3.05) is 24.4 Å². The summed E-state index contributed by atoms with van der Waals surface area (Å²) in [5.74, 6) is -1.25. The lowest BCUT2D eigenvalue weighted by atomic mass is 9.76. The number of fused-ring (bicyclic) bond motifs is 1.